The van der Waals surface area contributed by atoms with Crippen molar-refractivity contribution in [3.63, 3.8) is 0 Å². The molecule has 0 aromatic carbocycles. The van der Waals surface area contributed by atoms with E-state index in [-0.39, 0.29) is 11.2 Å². The Kier molecular flexibility index (Phi) is 16.0. The van der Waals surface area contributed by atoms with E-state index in [9.17, 15) is 55.7 Å². The number of alkyl halides is 6. The summed E-state index contributed by atoms with van der Waals surface area (Å²) in [6.45, 7) is 15.5. The average Bonchev–Trinajstić information content (AvgIpc) is 2.58. The van der Waals surface area contributed by atoms with Crippen LogP contribution in [0.2, 0.25) is 0 Å². The zero-order chi connectivity index (χ0) is 30.8. The Balaban J connectivity index is -0.000000471. The van der Waals surface area contributed by atoms with Crippen LogP contribution < -0.4 is 10.2 Å². The first-order valence-corrected chi connectivity index (χ1v) is 12.8. The summed E-state index contributed by atoms with van der Waals surface area (Å²) in [5.41, 5.74) is -6.77. The second-order valence-corrected chi connectivity index (χ2v) is 11.1. The molecule has 2 unspecified atom stereocenters. The van der Waals surface area contributed by atoms with Gasteiger partial charge in [-0.3, -0.25) is 9.59 Å². The summed E-state index contributed by atoms with van der Waals surface area (Å²) in [7, 11) is 0. The van der Waals surface area contributed by atoms with Crippen molar-refractivity contribution < 1.29 is 85.5 Å². The van der Waals surface area contributed by atoms with Crippen molar-refractivity contribution in [3.05, 3.63) is 0 Å². The van der Waals surface area contributed by atoms with Gasteiger partial charge in [0.25, 0.3) is 0 Å². The Morgan fingerprint density at radius 2 is 0.838 bits per heavy atom. The molecule has 0 amide bonds. The molecule has 0 rings (SSSR count). The summed E-state index contributed by atoms with van der Waals surface area (Å²) in [5.74, 6) is -7.70. The molecule has 0 aliphatic carbocycles. The molecule has 0 spiro atoms. The molecular weight excluding hydrogens is 597 g/mol. The first kappa shape index (κ1) is 40.2. The number of rotatable bonds is 8. The van der Waals surface area contributed by atoms with Gasteiger partial charge in [0.2, 0.25) is 0 Å². The summed E-state index contributed by atoms with van der Waals surface area (Å²) in [6.07, 6.45) is -11.9. The van der Waals surface area contributed by atoms with E-state index in [1.165, 1.54) is 0 Å². The van der Waals surface area contributed by atoms with Crippen LogP contribution in [0.4, 0.5) is 26.3 Å². The van der Waals surface area contributed by atoms with Crippen molar-refractivity contribution in [1.29, 1.82) is 0 Å². The summed E-state index contributed by atoms with van der Waals surface area (Å²) in [5, 5.41) is 20.6. The van der Waals surface area contributed by atoms with Gasteiger partial charge in [0, 0.05) is 0 Å². The van der Waals surface area contributed by atoms with Crippen LogP contribution in [-0.2, 0) is 48.9 Å². The van der Waals surface area contributed by atoms with Crippen molar-refractivity contribution in [2.24, 2.45) is 10.8 Å². The average molecular weight is 632 g/mol. The Labute approximate surface area is 225 Å². The summed E-state index contributed by atoms with van der Waals surface area (Å²) < 4.78 is 84.5. The van der Waals surface area contributed by atoms with Crippen molar-refractivity contribution >= 4 is 23.5 Å². The van der Waals surface area contributed by atoms with E-state index < -0.39 is 83.6 Å². The summed E-state index contributed by atoms with van der Waals surface area (Å²) >= 11 is -1.06. The van der Waals surface area contributed by atoms with Crippen LogP contribution in [0.5, 0.6) is 0 Å². The molecule has 0 radical (unpaired) electrons. The molecule has 0 fully saturated rings. The Morgan fingerprint density at radius 1 is 0.622 bits per heavy atom. The Hall–Kier alpha value is -1.34. The molecule has 0 aliphatic heterocycles. The smallest absolute Gasteiger partial charge is 0.406 e. The molecule has 8 nitrogen and oxygen atoms in total. The number of hydrogen-bond acceptors (Lipinski definition) is 8. The fourth-order valence-electron chi connectivity index (χ4n) is 2.38. The van der Waals surface area contributed by atoms with Crippen molar-refractivity contribution in [2.75, 3.05) is 0 Å². The van der Waals surface area contributed by atoms with Gasteiger partial charge in [0.05, 0.1) is 11.9 Å². The van der Waals surface area contributed by atoms with Gasteiger partial charge in [0.1, 0.15) is 0 Å². The Morgan fingerprint density at radius 3 is 0.892 bits per heavy atom. The van der Waals surface area contributed by atoms with Crippen molar-refractivity contribution in [1.82, 2.24) is 0 Å². The van der Waals surface area contributed by atoms with Gasteiger partial charge in [-0.15, -0.1) is 0 Å². The summed E-state index contributed by atoms with van der Waals surface area (Å²) in [6, 6.07) is 0. The standard InChI is InChI=1S/2C7H9F3O3.2C4H9O.Zr/c2*1-3-6(4(2)11,5(12)13)7(8,9)10;2*1-4(2,3)5;/h2*3H2,1-2H3,(H,12,13);2*1-3H3;/q;;2*-1;+4/p-2. The first-order chi connectivity index (χ1) is 16.1. The maximum absolute atomic E-state index is 12.2. The predicted molar refractivity (Wildman–Crippen MR) is 111 cm³/mol. The van der Waals surface area contributed by atoms with Crippen LogP contribution in [0.3, 0.4) is 0 Å². The monoisotopic (exact) mass is 630 g/mol. The van der Waals surface area contributed by atoms with E-state index in [2.05, 4.69) is 41.5 Å². The number of halogens is 6. The minimum atomic E-state index is -5.10. The third kappa shape index (κ3) is 12.4. The Bertz CT molecular complexity index is 688. The normalized spacial score (nSPS) is 15.4. The van der Waals surface area contributed by atoms with E-state index in [0.29, 0.717) is 13.8 Å². The molecule has 2 atom stereocenters. The molecule has 37 heavy (non-hydrogen) atoms. The number of Topliss-reactive ketones (excluding diaryl/α,β-unsaturated/α-hetero) is 2. The number of carboxylic acids is 2. The SMILES string of the molecule is CC(C)(C)[O][Zr+2][O]C(C)(C)C.CCC(C(C)=O)(C(=O)[O-])C(F)(F)F.CCC(C(C)=O)(C(=O)[O-])C(F)(F)F. The fourth-order valence-corrected chi connectivity index (χ4v) is 3.71. The van der Waals surface area contributed by atoms with Crippen LogP contribution in [0.25, 0.3) is 0 Å². The minimum absolute atomic E-state index is 0.0303. The van der Waals surface area contributed by atoms with E-state index >= 15 is 0 Å². The number of hydrogen-bond donors (Lipinski definition) is 0. The van der Waals surface area contributed by atoms with Crippen LogP contribution in [0, 0.1) is 10.8 Å². The zero-order valence-electron chi connectivity index (χ0n) is 22.4. The fraction of sp³-hybridized carbons (Fsp3) is 0.818. The maximum atomic E-state index is 12.2. The molecule has 0 bridgehead atoms. The van der Waals surface area contributed by atoms with Gasteiger partial charge >= 0.3 is 94.8 Å². The number of carbonyl (C=O) groups excluding carboxylic acids is 4. The first-order valence-electron chi connectivity index (χ1n) is 10.8. The van der Waals surface area contributed by atoms with Gasteiger partial charge in [-0.25, -0.2) is 0 Å². The molecule has 0 aromatic heterocycles. The third-order valence-corrected chi connectivity index (χ3v) is 8.04. The van der Waals surface area contributed by atoms with Crippen LogP contribution >= 0.6 is 0 Å². The van der Waals surface area contributed by atoms with Gasteiger partial charge in [-0.2, -0.15) is 26.3 Å². The zero-order valence-corrected chi connectivity index (χ0v) is 24.9. The van der Waals surface area contributed by atoms with Gasteiger partial charge in [0.15, 0.2) is 22.4 Å². The molecule has 0 heterocycles. The molecule has 0 saturated carbocycles. The van der Waals surface area contributed by atoms with E-state index in [1.54, 1.807) is 0 Å². The van der Waals surface area contributed by atoms with Crippen LogP contribution in [0.15, 0.2) is 0 Å². The number of carbonyl (C=O) groups is 4. The predicted octanol–water partition coefficient (Wildman–Crippen LogP) is 3.10. The quantitative estimate of drug-likeness (QED) is 0.295. The third-order valence-electron chi connectivity index (χ3n) is 4.62. The largest absolute Gasteiger partial charge is 0.549 e. The second-order valence-electron chi connectivity index (χ2n) is 9.71. The molecule has 0 N–H and O–H groups in total. The number of ketones is 2. The molecule has 0 saturated heterocycles. The van der Waals surface area contributed by atoms with Crippen molar-refractivity contribution in [3.8, 4) is 0 Å². The molecular formula is C22H34F6O8Zr. The van der Waals surface area contributed by atoms with Gasteiger partial charge < -0.3 is 19.8 Å². The molecule has 15 heteroatoms. The van der Waals surface area contributed by atoms with E-state index in [4.69, 9.17) is 5.63 Å². The van der Waals surface area contributed by atoms with Gasteiger partial charge in [-0.05, 0) is 26.7 Å². The van der Waals surface area contributed by atoms with E-state index in [1.807, 2.05) is 0 Å². The molecule has 0 aliphatic rings. The number of carboxylic acid groups (broad SMARTS) is 2. The number of aliphatic carboxylic acids is 2. The second kappa shape index (κ2) is 14.7. The van der Waals surface area contributed by atoms with E-state index in [0.717, 1.165) is 13.8 Å². The van der Waals surface area contributed by atoms with Crippen LogP contribution in [0.1, 0.15) is 82.1 Å². The minimum Gasteiger partial charge on any atom is -0.549 e. The van der Waals surface area contributed by atoms with Crippen LogP contribution in [-0.4, -0.2) is 47.1 Å². The maximum Gasteiger partial charge on any atom is 0.406 e. The molecule has 0 aromatic rings. The van der Waals surface area contributed by atoms with Gasteiger partial charge in [-0.1, -0.05) is 13.8 Å². The topological polar surface area (TPSA) is 133 Å². The van der Waals surface area contributed by atoms with Crippen molar-refractivity contribution in [2.45, 2.75) is 106 Å². The molecule has 216 valence electrons. The summed E-state index contributed by atoms with van der Waals surface area (Å²) in [4.78, 5) is 41.9.